The monoisotopic (exact) mass is 464 g/mol. The Balaban J connectivity index is 1.86. The van der Waals surface area contributed by atoms with Crippen molar-refractivity contribution < 1.29 is 28.3 Å². The molecule has 0 radical (unpaired) electrons. The Kier molecular flexibility index (Phi) is 5.36. The fraction of sp³-hybridized carbons (Fsp3) is 0.680. The molecule has 0 aromatic rings. The van der Waals surface area contributed by atoms with Crippen LogP contribution in [0.1, 0.15) is 59.8 Å². The molecule has 174 valence electrons. The molecule has 7 unspecified atom stereocenters. The highest BCUT2D eigenvalue weighted by Gasteiger charge is 2.77. The molecule has 4 rings (SSSR count). The van der Waals surface area contributed by atoms with E-state index in [0.29, 0.717) is 24.8 Å². The van der Waals surface area contributed by atoms with E-state index in [4.69, 9.17) is 16.3 Å². The normalized spacial score (nSPS) is 44.9. The van der Waals surface area contributed by atoms with Crippen LogP contribution in [0.15, 0.2) is 23.8 Å². The van der Waals surface area contributed by atoms with E-state index >= 15 is 4.39 Å². The predicted octanol–water partition coefficient (Wildman–Crippen LogP) is 4.31. The summed E-state index contributed by atoms with van der Waals surface area (Å²) in [6.07, 6.45) is 5.56. The van der Waals surface area contributed by atoms with E-state index in [1.165, 1.54) is 12.2 Å². The third-order valence-corrected chi connectivity index (χ3v) is 9.29. The van der Waals surface area contributed by atoms with Crippen LogP contribution in [0.5, 0.6) is 0 Å². The number of hydrogen-bond acceptors (Lipinski definition) is 5. The number of esters is 1. The van der Waals surface area contributed by atoms with E-state index in [9.17, 15) is 19.2 Å². The third-order valence-electron chi connectivity index (χ3n) is 9.04. The second-order valence-electron chi connectivity index (χ2n) is 10.3. The van der Waals surface area contributed by atoms with E-state index < -0.39 is 51.5 Å². The van der Waals surface area contributed by atoms with Crippen LogP contribution < -0.4 is 0 Å². The number of fused-ring (bicyclic) bond motifs is 5. The molecule has 0 amide bonds. The fourth-order valence-corrected chi connectivity index (χ4v) is 7.68. The molecule has 0 bridgehead atoms. The van der Waals surface area contributed by atoms with E-state index in [2.05, 4.69) is 0 Å². The Morgan fingerprint density at radius 3 is 2.56 bits per heavy atom. The van der Waals surface area contributed by atoms with Crippen molar-refractivity contribution >= 4 is 34.9 Å². The van der Waals surface area contributed by atoms with Gasteiger partial charge in [-0.3, -0.25) is 19.2 Å². The van der Waals surface area contributed by atoms with E-state index in [1.54, 1.807) is 26.8 Å². The first-order valence-electron chi connectivity index (χ1n) is 11.4. The maximum atomic E-state index is 17.1. The van der Waals surface area contributed by atoms with Crippen LogP contribution in [0, 0.1) is 28.6 Å². The largest absolute Gasteiger partial charge is 0.450 e. The van der Waals surface area contributed by atoms with Crippen LogP contribution in [0.2, 0.25) is 0 Å². The van der Waals surface area contributed by atoms with Gasteiger partial charge in [0, 0.05) is 35.5 Å². The first-order valence-corrected chi connectivity index (χ1v) is 11.9. The molecule has 0 spiro atoms. The number of ether oxygens (including phenoxy) is 1. The van der Waals surface area contributed by atoms with Crippen molar-refractivity contribution in [3.05, 3.63) is 23.8 Å². The minimum Gasteiger partial charge on any atom is -0.450 e. The van der Waals surface area contributed by atoms with E-state index in [1.807, 2.05) is 6.92 Å². The molecular formula is C25H30ClFO5. The van der Waals surface area contributed by atoms with Gasteiger partial charge in [-0.2, -0.15) is 0 Å². The highest BCUT2D eigenvalue weighted by Crippen LogP contribution is 2.70. The molecule has 4 aliphatic carbocycles. The summed E-state index contributed by atoms with van der Waals surface area (Å²) in [5.41, 5.74) is -5.35. The highest BCUT2D eigenvalue weighted by molar-refractivity contribution is 6.29. The van der Waals surface area contributed by atoms with Crippen molar-refractivity contribution in [3.63, 3.8) is 0 Å². The van der Waals surface area contributed by atoms with Gasteiger partial charge >= 0.3 is 5.97 Å². The molecule has 7 heteroatoms. The standard InChI is InChI=1S/C25H30ClFO5/c1-5-21(31)32-25(20(30)13-26)14(2)10-18-17-7-6-15-11-16(28)8-9-22(15,3)24(17,27)19(29)12-23(18,25)4/h8-9,11,14,17-18H,5-7,10,12-13H2,1-4H3. The van der Waals surface area contributed by atoms with Gasteiger partial charge in [-0.25, -0.2) is 4.39 Å². The van der Waals surface area contributed by atoms with Gasteiger partial charge in [-0.15, -0.1) is 11.6 Å². The number of carbonyl (C=O) groups is 4. The molecule has 0 saturated heterocycles. The molecule has 32 heavy (non-hydrogen) atoms. The summed E-state index contributed by atoms with van der Waals surface area (Å²) in [4.78, 5) is 51.3. The Hall–Kier alpha value is -1.82. The molecule has 4 aliphatic rings. The maximum absolute atomic E-state index is 17.1. The Morgan fingerprint density at radius 1 is 1.25 bits per heavy atom. The number of ketones is 3. The Morgan fingerprint density at radius 2 is 1.94 bits per heavy atom. The van der Waals surface area contributed by atoms with Crippen molar-refractivity contribution in [1.29, 1.82) is 0 Å². The van der Waals surface area contributed by atoms with Crippen molar-refractivity contribution in [1.82, 2.24) is 0 Å². The number of rotatable bonds is 4. The lowest BCUT2D eigenvalue weighted by Crippen LogP contribution is -2.68. The minimum atomic E-state index is -2.19. The molecule has 0 N–H and O–H groups in total. The number of Topliss-reactive ketones (excluding diaryl/α,β-unsaturated/α-hetero) is 2. The molecule has 0 aliphatic heterocycles. The first kappa shape index (κ1) is 23.3. The van der Waals surface area contributed by atoms with Crippen molar-refractivity contribution in [3.8, 4) is 0 Å². The smallest absolute Gasteiger partial charge is 0.306 e. The summed E-state index contributed by atoms with van der Waals surface area (Å²) in [5, 5.41) is 0. The number of halogens is 2. The van der Waals surface area contributed by atoms with E-state index in [-0.39, 0.29) is 30.4 Å². The third kappa shape index (κ3) is 2.62. The quantitative estimate of drug-likeness (QED) is 0.457. The second-order valence-corrected chi connectivity index (χ2v) is 10.6. The summed E-state index contributed by atoms with van der Waals surface area (Å²) < 4.78 is 23.0. The molecular weight excluding hydrogens is 435 g/mol. The number of carbonyl (C=O) groups excluding carboxylic acids is 4. The van der Waals surface area contributed by atoms with Crippen LogP contribution >= 0.6 is 11.6 Å². The molecule has 7 atom stereocenters. The SMILES string of the molecule is CCC(=O)OC1(C(=O)CCl)C(C)CC2C3CCC4=CC(=O)C=CC4(C)C3(F)C(=O)CC21C. The number of alkyl halides is 2. The summed E-state index contributed by atoms with van der Waals surface area (Å²) in [7, 11) is 0. The molecule has 0 heterocycles. The first-order chi connectivity index (χ1) is 14.9. The van der Waals surface area contributed by atoms with E-state index in [0.717, 1.165) is 0 Å². The fourth-order valence-electron chi connectivity index (χ4n) is 7.48. The van der Waals surface area contributed by atoms with Crippen LogP contribution in [0.4, 0.5) is 4.39 Å². The van der Waals surface area contributed by atoms with Gasteiger partial charge in [0.05, 0.1) is 5.88 Å². The molecule has 0 aromatic heterocycles. The van der Waals surface area contributed by atoms with Gasteiger partial charge in [0.2, 0.25) is 0 Å². The zero-order valence-corrected chi connectivity index (χ0v) is 19.8. The average Bonchev–Trinajstić information content (AvgIpc) is 2.96. The molecule has 3 saturated carbocycles. The van der Waals surface area contributed by atoms with Gasteiger partial charge in [-0.1, -0.05) is 32.4 Å². The van der Waals surface area contributed by atoms with Crippen LogP contribution in [0.25, 0.3) is 0 Å². The second kappa shape index (κ2) is 7.34. The summed E-state index contributed by atoms with van der Waals surface area (Å²) in [6.45, 7) is 6.96. The number of hydrogen-bond donors (Lipinski definition) is 0. The van der Waals surface area contributed by atoms with Crippen LogP contribution in [-0.2, 0) is 23.9 Å². The lowest BCUT2D eigenvalue weighted by atomic mass is 9.45. The topological polar surface area (TPSA) is 77.5 Å². The van der Waals surface area contributed by atoms with Gasteiger partial charge < -0.3 is 4.74 Å². The molecule has 0 aromatic carbocycles. The van der Waals surface area contributed by atoms with Crippen molar-refractivity contribution in [2.75, 3.05) is 5.88 Å². The lowest BCUT2D eigenvalue weighted by molar-refractivity contribution is -0.201. The minimum absolute atomic E-state index is 0.0836. The Bertz CT molecular complexity index is 971. The van der Waals surface area contributed by atoms with Crippen LogP contribution in [-0.4, -0.2) is 40.5 Å². The van der Waals surface area contributed by atoms with Gasteiger partial charge in [0.25, 0.3) is 0 Å². The summed E-state index contributed by atoms with van der Waals surface area (Å²) >= 11 is 5.99. The van der Waals surface area contributed by atoms with Gasteiger partial charge in [0.15, 0.2) is 28.6 Å². The predicted molar refractivity (Wildman–Crippen MR) is 117 cm³/mol. The van der Waals surface area contributed by atoms with Crippen LogP contribution in [0.3, 0.4) is 0 Å². The van der Waals surface area contributed by atoms with Crippen molar-refractivity contribution in [2.24, 2.45) is 28.6 Å². The number of allylic oxidation sites excluding steroid dienone is 4. The average molecular weight is 465 g/mol. The summed E-state index contributed by atoms with van der Waals surface area (Å²) in [5.74, 6) is -3.49. The lowest BCUT2D eigenvalue weighted by Gasteiger charge is -2.59. The highest BCUT2D eigenvalue weighted by atomic mass is 35.5. The maximum Gasteiger partial charge on any atom is 0.306 e. The summed E-state index contributed by atoms with van der Waals surface area (Å²) in [6, 6.07) is 0. The van der Waals surface area contributed by atoms with Crippen molar-refractivity contribution in [2.45, 2.75) is 71.1 Å². The van der Waals surface area contributed by atoms with Gasteiger partial charge in [0.1, 0.15) is 0 Å². The zero-order valence-electron chi connectivity index (χ0n) is 19.0. The molecule has 3 fully saturated rings. The Labute approximate surface area is 192 Å². The zero-order chi connectivity index (χ0) is 23.7. The molecule has 5 nitrogen and oxygen atoms in total. The van der Waals surface area contributed by atoms with Gasteiger partial charge in [-0.05, 0) is 44.3 Å².